The molecule has 2 amide bonds. The summed E-state index contributed by atoms with van der Waals surface area (Å²) < 4.78 is 0. The number of carbonyl (C=O) groups excluding carboxylic acids is 2. The maximum absolute atomic E-state index is 12.6. The molecule has 0 fully saturated rings. The fraction of sp³-hybridized carbons (Fsp3) is 0.0952. The summed E-state index contributed by atoms with van der Waals surface area (Å²) in [6, 6.07) is 12.4. The number of pyridine rings is 1. The summed E-state index contributed by atoms with van der Waals surface area (Å²) in [6.45, 7) is 5.70. The number of halogens is 1. The number of nitrogens with zero attached hydrogens (tertiary/aromatic N) is 1. The highest BCUT2D eigenvalue weighted by atomic mass is 35.5. The number of carbonyl (C=O) groups is 2. The van der Waals surface area contributed by atoms with E-state index in [0.29, 0.717) is 22.8 Å². The summed E-state index contributed by atoms with van der Waals surface area (Å²) in [5.74, 6) is -0.515. The SMILES string of the molecule is C=CC(=O)NCc1ccc(C(=O)Nc2c(Cl)cc(C)c3ncccc23)cc1. The Morgan fingerprint density at radius 3 is 2.67 bits per heavy atom. The molecule has 3 rings (SSSR count). The molecule has 2 N–H and O–H groups in total. The molecule has 0 atom stereocenters. The van der Waals surface area contributed by atoms with E-state index in [-0.39, 0.29) is 11.8 Å². The topological polar surface area (TPSA) is 71.1 Å². The Morgan fingerprint density at radius 1 is 1.22 bits per heavy atom. The molecule has 0 spiro atoms. The molecule has 0 saturated carbocycles. The first-order valence-corrected chi connectivity index (χ1v) is 8.72. The number of amides is 2. The fourth-order valence-corrected chi connectivity index (χ4v) is 3.04. The Kier molecular flexibility index (Phi) is 5.52. The first-order chi connectivity index (χ1) is 13.0. The zero-order chi connectivity index (χ0) is 19.4. The molecule has 1 aromatic heterocycles. The summed E-state index contributed by atoms with van der Waals surface area (Å²) in [7, 11) is 0. The van der Waals surface area contributed by atoms with Gasteiger partial charge in [-0.05, 0) is 54.5 Å². The lowest BCUT2D eigenvalue weighted by atomic mass is 10.1. The van der Waals surface area contributed by atoms with E-state index >= 15 is 0 Å². The summed E-state index contributed by atoms with van der Waals surface area (Å²) >= 11 is 6.36. The normalized spacial score (nSPS) is 10.4. The van der Waals surface area contributed by atoms with Crippen LogP contribution < -0.4 is 10.6 Å². The third-order valence-electron chi connectivity index (χ3n) is 4.14. The average Bonchev–Trinajstić information content (AvgIpc) is 2.69. The van der Waals surface area contributed by atoms with Crippen molar-refractivity contribution in [1.82, 2.24) is 10.3 Å². The van der Waals surface area contributed by atoms with Crippen molar-refractivity contribution in [3.63, 3.8) is 0 Å². The number of fused-ring (bicyclic) bond motifs is 1. The smallest absolute Gasteiger partial charge is 0.255 e. The van der Waals surface area contributed by atoms with Crippen molar-refractivity contribution in [3.05, 3.63) is 83.0 Å². The van der Waals surface area contributed by atoms with Crippen molar-refractivity contribution in [2.75, 3.05) is 5.32 Å². The van der Waals surface area contributed by atoms with Gasteiger partial charge in [-0.3, -0.25) is 14.6 Å². The van der Waals surface area contributed by atoms with Gasteiger partial charge in [0.15, 0.2) is 0 Å². The standard InChI is InChI=1S/C21H18ClN3O2/c1-3-18(26)24-12-14-6-8-15(9-7-14)21(27)25-20-16-5-4-10-23-19(16)13(2)11-17(20)22/h3-11H,1,12H2,2H3,(H,24,26)(H,25,27). The zero-order valence-corrected chi connectivity index (χ0v) is 15.5. The number of anilines is 1. The van der Waals surface area contributed by atoms with Gasteiger partial charge < -0.3 is 10.6 Å². The molecule has 27 heavy (non-hydrogen) atoms. The van der Waals surface area contributed by atoms with Crippen molar-refractivity contribution in [3.8, 4) is 0 Å². The van der Waals surface area contributed by atoms with Gasteiger partial charge in [-0.25, -0.2) is 0 Å². The number of aryl methyl sites for hydroxylation is 1. The summed E-state index contributed by atoms with van der Waals surface area (Å²) in [5, 5.41) is 6.82. The molecule has 2 aromatic carbocycles. The minimum atomic E-state index is -0.271. The van der Waals surface area contributed by atoms with Crippen LogP contribution in [0.4, 0.5) is 5.69 Å². The maximum atomic E-state index is 12.6. The highest BCUT2D eigenvalue weighted by Gasteiger charge is 2.14. The molecule has 0 saturated heterocycles. The van der Waals surface area contributed by atoms with Crippen LogP contribution in [0.3, 0.4) is 0 Å². The predicted molar refractivity (Wildman–Crippen MR) is 108 cm³/mol. The van der Waals surface area contributed by atoms with Crippen molar-refractivity contribution in [1.29, 1.82) is 0 Å². The summed E-state index contributed by atoms with van der Waals surface area (Å²) in [4.78, 5) is 28.2. The summed E-state index contributed by atoms with van der Waals surface area (Å²) in [5.41, 5.74) is 3.65. The van der Waals surface area contributed by atoms with E-state index in [9.17, 15) is 9.59 Å². The van der Waals surface area contributed by atoms with Crippen LogP contribution in [0.15, 0.2) is 61.3 Å². The fourth-order valence-electron chi connectivity index (χ4n) is 2.73. The van der Waals surface area contributed by atoms with Gasteiger partial charge in [0.2, 0.25) is 5.91 Å². The molecule has 3 aromatic rings. The van der Waals surface area contributed by atoms with Crippen LogP contribution in [0.1, 0.15) is 21.5 Å². The lowest BCUT2D eigenvalue weighted by Gasteiger charge is -2.12. The molecular formula is C21H18ClN3O2. The molecular weight excluding hydrogens is 362 g/mol. The predicted octanol–water partition coefficient (Wildman–Crippen LogP) is 4.25. The van der Waals surface area contributed by atoms with E-state index in [2.05, 4.69) is 22.2 Å². The molecule has 1 heterocycles. The van der Waals surface area contributed by atoms with Gasteiger partial charge in [0.1, 0.15) is 0 Å². The lowest BCUT2D eigenvalue weighted by molar-refractivity contribution is -0.116. The summed E-state index contributed by atoms with van der Waals surface area (Å²) in [6.07, 6.45) is 2.92. The highest BCUT2D eigenvalue weighted by Crippen LogP contribution is 2.32. The largest absolute Gasteiger partial charge is 0.348 e. The van der Waals surface area contributed by atoms with Gasteiger partial charge in [-0.15, -0.1) is 0 Å². The second-order valence-electron chi connectivity index (χ2n) is 6.02. The van der Waals surface area contributed by atoms with Gasteiger partial charge >= 0.3 is 0 Å². The van der Waals surface area contributed by atoms with Crippen LogP contribution >= 0.6 is 11.6 Å². The molecule has 136 valence electrons. The van der Waals surface area contributed by atoms with Crippen LogP contribution in [0, 0.1) is 6.92 Å². The third-order valence-corrected chi connectivity index (χ3v) is 4.44. The van der Waals surface area contributed by atoms with Crippen molar-refractivity contribution in [2.45, 2.75) is 13.5 Å². The minimum Gasteiger partial charge on any atom is -0.348 e. The first-order valence-electron chi connectivity index (χ1n) is 8.34. The van der Waals surface area contributed by atoms with Crippen LogP contribution in [0.5, 0.6) is 0 Å². The third kappa shape index (κ3) is 4.15. The van der Waals surface area contributed by atoms with E-state index in [1.165, 1.54) is 6.08 Å². The average molecular weight is 380 g/mol. The number of nitrogens with one attached hydrogen (secondary N) is 2. The number of rotatable bonds is 5. The first kappa shape index (κ1) is 18.6. The van der Waals surface area contributed by atoms with Crippen LogP contribution in [-0.4, -0.2) is 16.8 Å². The number of aromatic nitrogens is 1. The monoisotopic (exact) mass is 379 g/mol. The molecule has 6 heteroatoms. The number of hydrogen-bond acceptors (Lipinski definition) is 3. The van der Waals surface area contributed by atoms with E-state index in [1.807, 2.05) is 13.0 Å². The molecule has 0 aliphatic carbocycles. The molecule has 0 aliphatic heterocycles. The lowest BCUT2D eigenvalue weighted by Crippen LogP contribution is -2.20. The van der Waals surface area contributed by atoms with Crippen molar-refractivity contribution < 1.29 is 9.59 Å². The number of hydrogen-bond donors (Lipinski definition) is 2. The molecule has 0 aliphatic rings. The number of benzene rings is 2. The van der Waals surface area contributed by atoms with Crippen LogP contribution in [0.2, 0.25) is 5.02 Å². The Labute approximate surface area is 162 Å². The molecule has 5 nitrogen and oxygen atoms in total. The Hall–Kier alpha value is -3.18. The van der Waals surface area contributed by atoms with E-state index in [0.717, 1.165) is 22.0 Å². The maximum Gasteiger partial charge on any atom is 0.255 e. The quantitative estimate of drug-likeness (QED) is 0.651. The van der Waals surface area contributed by atoms with Crippen molar-refractivity contribution >= 4 is 40.0 Å². The Balaban J connectivity index is 1.81. The second kappa shape index (κ2) is 8.01. The molecule has 0 bridgehead atoms. The molecule has 0 unspecified atom stereocenters. The van der Waals surface area contributed by atoms with E-state index in [1.54, 1.807) is 42.6 Å². The molecule has 0 radical (unpaired) electrons. The second-order valence-corrected chi connectivity index (χ2v) is 6.43. The van der Waals surface area contributed by atoms with E-state index in [4.69, 9.17) is 11.6 Å². The Bertz CT molecular complexity index is 1030. The van der Waals surface area contributed by atoms with Gasteiger partial charge in [0, 0.05) is 23.7 Å². The zero-order valence-electron chi connectivity index (χ0n) is 14.8. The van der Waals surface area contributed by atoms with Gasteiger partial charge in [-0.1, -0.05) is 30.3 Å². The van der Waals surface area contributed by atoms with E-state index < -0.39 is 0 Å². The van der Waals surface area contributed by atoms with Gasteiger partial charge in [0.25, 0.3) is 5.91 Å². The van der Waals surface area contributed by atoms with Crippen molar-refractivity contribution in [2.24, 2.45) is 0 Å². The highest BCUT2D eigenvalue weighted by molar-refractivity contribution is 6.36. The van der Waals surface area contributed by atoms with Crippen LogP contribution in [-0.2, 0) is 11.3 Å². The van der Waals surface area contributed by atoms with Crippen LogP contribution in [0.25, 0.3) is 10.9 Å². The van der Waals surface area contributed by atoms with Gasteiger partial charge in [-0.2, -0.15) is 0 Å². The Morgan fingerprint density at radius 2 is 1.96 bits per heavy atom. The van der Waals surface area contributed by atoms with Gasteiger partial charge in [0.05, 0.1) is 16.2 Å². The minimum absolute atomic E-state index is 0.244.